The fourth-order valence-corrected chi connectivity index (χ4v) is 4.50. The molecular weight excluding hydrogens is 464 g/mol. The van der Waals surface area contributed by atoms with Crippen LogP contribution in [0.2, 0.25) is 0 Å². The molecule has 2 N–H and O–H groups in total. The van der Waals surface area contributed by atoms with Crippen LogP contribution in [-0.4, -0.2) is 66.8 Å². The second kappa shape index (κ2) is 15.6. The Morgan fingerprint density at radius 1 is 0.811 bits per heavy atom. The molecule has 1 saturated heterocycles. The third-order valence-corrected chi connectivity index (χ3v) is 6.59. The largest absolute Gasteiger partial charge is 0.356 e. The highest BCUT2D eigenvalue weighted by atomic mass is 16.2. The molecule has 37 heavy (non-hydrogen) atoms. The van der Waals surface area contributed by atoms with Crippen LogP contribution in [0.1, 0.15) is 56.2 Å². The van der Waals surface area contributed by atoms with Gasteiger partial charge >= 0.3 is 0 Å². The van der Waals surface area contributed by atoms with Crippen LogP contribution in [0.25, 0.3) is 6.08 Å². The van der Waals surface area contributed by atoms with E-state index in [1.54, 1.807) is 13.0 Å². The lowest BCUT2D eigenvalue weighted by Crippen LogP contribution is -2.35. The van der Waals surface area contributed by atoms with E-state index >= 15 is 0 Å². The van der Waals surface area contributed by atoms with Crippen LogP contribution in [0.4, 0.5) is 0 Å². The molecule has 198 valence electrons. The van der Waals surface area contributed by atoms with E-state index in [4.69, 9.17) is 0 Å². The second-order valence-electron chi connectivity index (χ2n) is 9.46. The van der Waals surface area contributed by atoms with Crippen molar-refractivity contribution in [2.45, 2.75) is 45.1 Å². The lowest BCUT2D eigenvalue weighted by Gasteiger charge is -2.24. The van der Waals surface area contributed by atoms with Crippen molar-refractivity contribution in [2.24, 2.45) is 0 Å². The minimum Gasteiger partial charge on any atom is -0.356 e. The molecular formula is C30H40N4O3. The van der Waals surface area contributed by atoms with Gasteiger partial charge in [0.1, 0.15) is 0 Å². The first-order chi connectivity index (χ1) is 18.0. The standard InChI is InChI=1S/C30H40N4O3/c1-25(35)33-20-8-9-21-34(30(37)17-16-26-12-4-2-5-13-26)23-11-19-32-29(36)24-28(31-18-10-22-33)27-14-6-3-7-15-27/h2-7,12-17,28,31H,8-11,18-24H2,1H3,(H,32,36)/b17-16+/t28-/m0/s1. The van der Waals surface area contributed by atoms with Crippen LogP contribution in [0.3, 0.4) is 0 Å². The molecule has 2 aromatic rings. The maximum Gasteiger partial charge on any atom is 0.246 e. The van der Waals surface area contributed by atoms with E-state index in [9.17, 15) is 14.4 Å². The SMILES string of the molecule is CC(=O)N1CCCCN(C(=O)/C=C/c2ccccc2)CCCNC(=O)C[C@@H](c2ccccc2)NCCC1. The lowest BCUT2D eigenvalue weighted by molar-refractivity contribution is -0.129. The Morgan fingerprint density at radius 2 is 1.41 bits per heavy atom. The van der Waals surface area contributed by atoms with Gasteiger partial charge in [-0.1, -0.05) is 60.7 Å². The Morgan fingerprint density at radius 3 is 2.11 bits per heavy atom. The van der Waals surface area contributed by atoms with Crippen molar-refractivity contribution in [3.63, 3.8) is 0 Å². The van der Waals surface area contributed by atoms with Gasteiger partial charge < -0.3 is 20.4 Å². The van der Waals surface area contributed by atoms with Gasteiger partial charge in [0.2, 0.25) is 17.7 Å². The number of hydrogen-bond acceptors (Lipinski definition) is 4. The van der Waals surface area contributed by atoms with E-state index in [1.165, 1.54) is 0 Å². The molecule has 0 aromatic heterocycles. The van der Waals surface area contributed by atoms with Gasteiger partial charge in [-0.15, -0.1) is 0 Å². The molecule has 1 heterocycles. The molecule has 1 atom stereocenters. The molecule has 3 amide bonds. The fourth-order valence-electron chi connectivity index (χ4n) is 4.50. The van der Waals surface area contributed by atoms with Crippen LogP contribution >= 0.6 is 0 Å². The van der Waals surface area contributed by atoms with Crippen molar-refractivity contribution < 1.29 is 14.4 Å². The van der Waals surface area contributed by atoms with Crippen LogP contribution in [0.15, 0.2) is 66.7 Å². The number of nitrogens with one attached hydrogen (secondary N) is 2. The molecule has 0 spiro atoms. The van der Waals surface area contributed by atoms with E-state index in [2.05, 4.69) is 10.6 Å². The maximum absolute atomic E-state index is 13.0. The summed E-state index contributed by atoms with van der Waals surface area (Å²) in [5.74, 6) is 0.0124. The summed E-state index contributed by atoms with van der Waals surface area (Å²) in [6.45, 7) is 5.37. The van der Waals surface area contributed by atoms with E-state index in [0.717, 1.165) is 30.4 Å². The molecule has 7 heteroatoms. The Hall–Kier alpha value is -3.45. The van der Waals surface area contributed by atoms with Gasteiger partial charge in [-0.2, -0.15) is 0 Å². The third kappa shape index (κ3) is 10.2. The van der Waals surface area contributed by atoms with Gasteiger partial charge in [-0.3, -0.25) is 14.4 Å². The first-order valence-corrected chi connectivity index (χ1v) is 13.4. The Bertz CT molecular complexity index is 1010. The van der Waals surface area contributed by atoms with Crippen LogP contribution in [0.5, 0.6) is 0 Å². The number of carbonyl (C=O) groups excluding carboxylic acids is 3. The summed E-state index contributed by atoms with van der Waals surface area (Å²) in [4.78, 5) is 41.6. The molecule has 0 aliphatic carbocycles. The summed E-state index contributed by atoms with van der Waals surface area (Å²) in [6.07, 6.45) is 6.93. The molecule has 0 saturated carbocycles. The molecule has 1 fully saturated rings. The van der Waals surface area contributed by atoms with Gasteiger partial charge in [0.15, 0.2) is 0 Å². The summed E-state index contributed by atoms with van der Waals surface area (Å²) in [7, 11) is 0. The van der Waals surface area contributed by atoms with Gasteiger partial charge in [0, 0.05) is 58.2 Å². The van der Waals surface area contributed by atoms with Crippen LogP contribution < -0.4 is 10.6 Å². The molecule has 7 nitrogen and oxygen atoms in total. The topological polar surface area (TPSA) is 81.8 Å². The second-order valence-corrected chi connectivity index (χ2v) is 9.46. The van der Waals surface area contributed by atoms with Gasteiger partial charge in [0.05, 0.1) is 0 Å². The lowest BCUT2D eigenvalue weighted by atomic mass is 10.0. The zero-order valence-corrected chi connectivity index (χ0v) is 21.9. The molecule has 1 aliphatic heterocycles. The van der Waals surface area contributed by atoms with Crippen molar-refractivity contribution in [3.8, 4) is 0 Å². The molecule has 3 rings (SSSR count). The molecule has 2 aromatic carbocycles. The van der Waals surface area contributed by atoms with Crippen molar-refractivity contribution in [2.75, 3.05) is 39.3 Å². The molecule has 0 unspecified atom stereocenters. The number of rotatable bonds is 3. The van der Waals surface area contributed by atoms with E-state index < -0.39 is 0 Å². The predicted octanol–water partition coefficient (Wildman–Crippen LogP) is 3.79. The van der Waals surface area contributed by atoms with Crippen molar-refractivity contribution in [3.05, 3.63) is 77.9 Å². The average molecular weight is 505 g/mol. The zero-order chi connectivity index (χ0) is 26.3. The first kappa shape index (κ1) is 28.1. The number of hydrogen-bond donors (Lipinski definition) is 2. The maximum atomic E-state index is 13.0. The molecule has 0 bridgehead atoms. The third-order valence-electron chi connectivity index (χ3n) is 6.59. The Balaban J connectivity index is 1.66. The van der Waals surface area contributed by atoms with Crippen molar-refractivity contribution in [1.82, 2.24) is 20.4 Å². The van der Waals surface area contributed by atoms with Crippen molar-refractivity contribution in [1.29, 1.82) is 0 Å². The minimum absolute atomic E-state index is 0.0159. The summed E-state index contributed by atoms with van der Waals surface area (Å²) in [5.41, 5.74) is 2.05. The summed E-state index contributed by atoms with van der Waals surface area (Å²) >= 11 is 0. The number of nitrogens with zero attached hydrogens (tertiary/aromatic N) is 2. The molecule has 0 radical (unpaired) electrons. The Labute approximate surface area is 220 Å². The smallest absolute Gasteiger partial charge is 0.246 e. The molecule has 1 aliphatic rings. The van der Waals surface area contributed by atoms with Crippen molar-refractivity contribution >= 4 is 23.8 Å². The summed E-state index contributed by atoms with van der Waals surface area (Å²) < 4.78 is 0. The summed E-state index contributed by atoms with van der Waals surface area (Å²) in [5, 5.41) is 6.54. The van der Waals surface area contributed by atoms with E-state index in [-0.39, 0.29) is 23.8 Å². The monoisotopic (exact) mass is 504 g/mol. The number of carbonyl (C=O) groups is 3. The van der Waals surface area contributed by atoms with Gasteiger partial charge in [-0.05, 0) is 49.4 Å². The predicted molar refractivity (Wildman–Crippen MR) is 148 cm³/mol. The minimum atomic E-state index is -0.0936. The van der Waals surface area contributed by atoms with Gasteiger partial charge in [0.25, 0.3) is 0 Å². The summed E-state index contributed by atoms with van der Waals surface area (Å²) in [6, 6.07) is 19.7. The highest BCUT2D eigenvalue weighted by Crippen LogP contribution is 2.16. The first-order valence-electron chi connectivity index (χ1n) is 13.4. The number of amides is 3. The Kier molecular flexibility index (Phi) is 11.9. The van der Waals surface area contributed by atoms with E-state index in [1.807, 2.05) is 76.5 Å². The normalized spacial score (nSPS) is 19.3. The highest BCUT2D eigenvalue weighted by Gasteiger charge is 2.17. The van der Waals surface area contributed by atoms with Crippen LogP contribution in [-0.2, 0) is 14.4 Å². The van der Waals surface area contributed by atoms with E-state index in [0.29, 0.717) is 52.1 Å². The van der Waals surface area contributed by atoms with Gasteiger partial charge in [-0.25, -0.2) is 0 Å². The zero-order valence-electron chi connectivity index (χ0n) is 21.9. The quantitative estimate of drug-likeness (QED) is 0.624. The highest BCUT2D eigenvalue weighted by molar-refractivity contribution is 5.91. The fraction of sp³-hybridized carbons (Fsp3) is 0.433. The number of benzene rings is 2. The average Bonchev–Trinajstić information content (AvgIpc) is 2.91. The van der Waals surface area contributed by atoms with Crippen LogP contribution in [0, 0.1) is 0 Å².